The van der Waals surface area contributed by atoms with Crippen molar-refractivity contribution in [2.24, 2.45) is 0 Å². The van der Waals surface area contributed by atoms with E-state index in [4.69, 9.17) is 4.74 Å². The summed E-state index contributed by atoms with van der Waals surface area (Å²) in [6.45, 7) is 3.73. The van der Waals surface area contributed by atoms with Crippen molar-refractivity contribution >= 4 is 0 Å². The van der Waals surface area contributed by atoms with Gasteiger partial charge in [0, 0.05) is 13.7 Å². The van der Waals surface area contributed by atoms with Crippen LogP contribution in [0.15, 0.2) is 6.33 Å². The van der Waals surface area contributed by atoms with Crippen LogP contribution in [0.5, 0.6) is 0 Å². The number of ether oxygens (including phenoxy) is 1. The number of hydrogen-bond acceptors (Lipinski definition) is 3. The van der Waals surface area contributed by atoms with Gasteiger partial charge >= 0.3 is 0 Å². The summed E-state index contributed by atoms with van der Waals surface area (Å²) >= 11 is 0. The minimum absolute atomic E-state index is 0.504. The van der Waals surface area contributed by atoms with Crippen molar-refractivity contribution in [2.75, 3.05) is 7.11 Å². The van der Waals surface area contributed by atoms with Crippen LogP contribution in [0, 0.1) is 0 Å². The summed E-state index contributed by atoms with van der Waals surface area (Å²) in [7, 11) is 1.66. The number of unbranched alkanes of at least 4 members (excludes halogenated alkanes) is 6. The fourth-order valence-corrected chi connectivity index (χ4v) is 1.87. The number of aromatic nitrogens is 3. The van der Waals surface area contributed by atoms with E-state index in [9.17, 15) is 0 Å². The molecule has 4 heteroatoms. The summed E-state index contributed by atoms with van der Waals surface area (Å²) < 4.78 is 6.90. The minimum atomic E-state index is 0.504. The van der Waals surface area contributed by atoms with Crippen LogP contribution in [-0.4, -0.2) is 21.9 Å². The van der Waals surface area contributed by atoms with Crippen molar-refractivity contribution in [3.63, 3.8) is 0 Å². The minimum Gasteiger partial charge on any atom is -0.377 e. The number of aryl methyl sites for hydroxylation is 1. The number of nitrogens with zero attached hydrogens (tertiary/aromatic N) is 3. The first-order valence-electron chi connectivity index (χ1n) is 6.74. The van der Waals surface area contributed by atoms with E-state index in [0.717, 1.165) is 12.4 Å². The maximum Gasteiger partial charge on any atom is 0.176 e. The SMILES string of the molecule is CCCCCCCCCn1cnc(COC)n1. The third-order valence-electron chi connectivity index (χ3n) is 2.85. The Balaban J connectivity index is 2.01. The molecule has 0 spiro atoms. The average molecular weight is 239 g/mol. The Hall–Kier alpha value is -0.900. The van der Waals surface area contributed by atoms with Crippen LogP contribution < -0.4 is 0 Å². The van der Waals surface area contributed by atoms with Crippen molar-refractivity contribution in [1.82, 2.24) is 14.8 Å². The zero-order chi connectivity index (χ0) is 12.3. The molecule has 0 aliphatic carbocycles. The Morgan fingerprint density at radius 3 is 2.53 bits per heavy atom. The fourth-order valence-electron chi connectivity index (χ4n) is 1.87. The van der Waals surface area contributed by atoms with E-state index < -0.39 is 0 Å². The lowest BCUT2D eigenvalue weighted by Gasteiger charge is -2.01. The molecule has 0 fully saturated rings. The highest BCUT2D eigenvalue weighted by Gasteiger charge is 1.99. The first-order chi connectivity index (χ1) is 8.36. The van der Waals surface area contributed by atoms with Gasteiger partial charge in [-0.3, -0.25) is 4.68 Å². The quantitative estimate of drug-likeness (QED) is 0.589. The highest BCUT2D eigenvalue weighted by Crippen LogP contribution is 2.07. The molecule has 0 atom stereocenters. The van der Waals surface area contributed by atoms with E-state index in [2.05, 4.69) is 17.0 Å². The molecule has 1 aromatic heterocycles. The second-order valence-electron chi connectivity index (χ2n) is 4.48. The van der Waals surface area contributed by atoms with Crippen molar-refractivity contribution in [1.29, 1.82) is 0 Å². The number of hydrogen-bond donors (Lipinski definition) is 0. The van der Waals surface area contributed by atoms with Crippen LogP contribution in [0.2, 0.25) is 0 Å². The van der Waals surface area contributed by atoms with Crippen LogP contribution in [0.4, 0.5) is 0 Å². The first kappa shape index (κ1) is 14.2. The topological polar surface area (TPSA) is 39.9 Å². The molecule has 0 saturated heterocycles. The van der Waals surface area contributed by atoms with Crippen LogP contribution in [0.1, 0.15) is 57.7 Å². The molecule has 0 bridgehead atoms. The van der Waals surface area contributed by atoms with Crippen LogP contribution in [0.3, 0.4) is 0 Å². The monoisotopic (exact) mass is 239 g/mol. The smallest absolute Gasteiger partial charge is 0.176 e. The molecule has 98 valence electrons. The van der Waals surface area contributed by atoms with Gasteiger partial charge in [0.2, 0.25) is 0 Å². The van der Waals surface area contributed by atoms with Crippen molar-refractivity contribution in [3.05, 3.63) is 12.2 Å². The van der Waals surface area contributed by atoms with Crippen molar-refractivity contribution in [2.45, 2.75) is 65.0 Å². The van der Waals surface area contributed by atoms with E-state index in [1.807, 2.05) is 4.68 Å². The Bertz CT molecular complexity index is 286. The molecular formula is C13H25N3O. The van der Waals surface area contributed by atoms with Gasteiger partial charge in [0.05, 0.1) is 0 Å². The molecule has 0 radical (unpaired) electrons. The van der Waals surface area contributed by atoms with E-state index in [1.165, 1.54) is 44.9 Å². The zero-order valence-corrected chi connectivity index (χ0v) is 11.2. The molecule has 17 heavy (non-hydrogen) atoms. The van der Waals surface area contributed by atoms with Gasteiger partial charge in [0.25, 0.3) is 0 Å². The molecule has 4 nitrogen and oxygen atoms in total. The largest absolute Gasteiger partial charge is 0.377 e. The van der Waals surface area contributed by atoms with E-state index in [-0.39, 0.29) is 0 Å². The molecule has 0 N–H and O–H groups in total. The van der Waals surface area contributed by atoms with Gasteiger partial charge in [-0.05, 0) is 6.42 Å². The Labute approximate surface area is 104 Å². The summed E-state index contributed by atoms with van der Waals surface area (Å²) in [6.07, 6.45) is 11.1. The standard InChI is InChI=1S/C13H25N3O/c1-3-4-5-6-7-8-9-10-16-12-14-13(15-16)11-17-2/h12H,3-11H2,1-2H3. The summed E-state index contributed by atoms with van der Waals surface area (Å²) in [5, 5.41) is 4.33. The summed E-state index contributed by atoms with van der Waals surface area (Å²) in [6, 6.07) is 0. The van der Waals surface area contributed by atoms with Crippen LogP contribution in [-0.2, 0) is 17.9 Å². The molecule has 0 saturated carbocycles. The van der Waals surface area contributed by atoms with E-state index in [1.54, 1.807) is 13.4 Å². The van der Waals surface area contributed by atoms with Gasteiger partial charge in [0.1, 0.15) is 12.9 Å². The summed E-state index contributed by atoms with van der Waals surface area (Å²) in [5.74, 6) is 0.774. The molecule has 1 rings (SSSR count). The lowest BCUT2D eigenvalue weighted by molar-refractivity contribution is 0.177. The third kappa shape index (κ3) is 6.41. The second kappa shape index (κ2) is 9.16. The van der Waals surface area contributed by atoms with Gasteiger partial charge in [-0.15, -0.1) is 0 Å². The molecule has 0 amide bonds. The maximum atomic E-state index is 4.98. The summed E-state index contributed by atoms with van der Waals surface area (Å²) in [4.78, 5) is 4.17. The fraction of sp³-hybridized carbons (Fsp3) is 0.846. The van der Waals surface area contributed by atoms with Gasteiger partial charge in [-0.1, -0.05) is 45.4 Å². The van der Waals surface area contributed by atoms with E-state index in [0.29, 0.717) is 6.61 Å². The molecule has 0 aromatic carbocycles. The molecule has 0 unspecified atom stereocenters. The molecule has 0 aliphatic rings. The van der Waals surface area contributed by atoms with Gasteiger partial charge < -0.3 is 4.74 Å². The summed E-state index contributed by atoms with van der Waals surface area (Å²) in [5.41, 5.74) is 0. The van der Waals surface area contributed by atoms with E-state index >= 15 is 0 Å². The lowest BCUT2D eigenvalue weighted by Crippen LogP contribution is -2.00. The Kier molecular flexibility index (Phi) is 7.63. The molecule has 1 heterocycles. The predicted octanol–water partition coefficient (Wildman–Crippen LogP) is 3.18. The van der Waals surface area contributed by atoms with Crippen molar-refractivity contribution in [3.8, 4) is 0 Å². The van der Waals surface area contributed by atoms with Crippen LogP contribution in [0.25, 0.3) is 0 Å². The van der Waals surface area contributed by atoms with Crippen molar-refractivity contribution < 1.29 is 4.74 Å². The maximum absolute atomic E-state index is 4.98. The Morgan fingerprint density at radius 1 is 1.12 bits per heavy atom. The zero-order valence-electron chi connectivity index (χ0n) is 11.2. The number of rotatable bonds is 10. The average Bonchev–Trinajstić information content (AvgIpc) is 2.76. The molecular weight excluding hydrogens is 214 g/mol. The van der Waals surface area contributed by atoms with Gasteiger partial charge in [-0.2, -0.15) is 5.10 Å². The lowest BCUT2D eigenvalue weighted by atomic mass is 10.1. The predicted molar refractivity (Wildman–Crippen MR) is 68.7 cm³/mol. The normalized spacial score (nSPS) is 10.9. The van der Waals surface area contributed by atoms with Crippen LogP contribution >= 0.6 is 0 Å². The molecule has 0 aliphatic heterocycles. The molecule has 1 aromatic rings. The second-order valence-corrected chi connectivity index (χ2v) is 4.48. The van der Waals surface area contributed by atoms with Gasteiger partial charge in [-0.25, -0.2) is 4.98 Å². The highest BCUT2D eigenvalue weighted by molar-refractivity contribution is 4.77. The number of methoxy groups -OCH3 is 1. The third-order valence-corrected chi connectivity index (χ3v) is 2.85. The highest BCUT2D eigenvalue weighted by atomic mass is 16.5. The first-order valence-corrected chi connectivity index (χ1v) is 6.74. The Morgan fingerprint density at radius 2 is 1.82 bits per heavy atom. The van der Waals surface area contributed by atoms with Gasteiger partial charge in [0.15, 0.2) is 5.82 Å².